The van der Waals surface area contributed by atoms with Gasteiger partial charge in [-0.15, -0.1) is 0 Å². The average Bonchev–Trinajstić information content (AvgIpc) is 2.71. The minimum atomic E-state index is -3.77. The van der Waals surface area contributed by atoms with E-state index in [0.29, 0.717) is 43.6 Å². The molecular formula is C21H28N2O5S. The van der Waals surface area contributed by atoms with Crippen molar-refractivity contribution in [2.45, 2.75) is 25.7 Å². The first-order valence-corrected chi connectivity index (χ1v) is 11.3. The van der Waals surface area contributed by atoms with E-state index in [2.05, 4.69) is 9.62 Å². The maximum Gasteiger partial charge on any atom is 0.262 e. The molecule has 1 N–H and O–H groups in total. The highest BCUT2D eigenvalue weighted by atomic mass is 32.2. The Morgan fingerprint density at radius 3 is 2.34 bits per heavy atom. The van der Waals surface area contributed by atoms with Crippen LogP contribution in [0.2, 0.25) is 0 Å². The van der Waals surface area contributed by atoms with Crippen LogP contribution in [0.25, 0.3) is 0 Å². The first-order valence-electron chi connectivity index (χ1n) is 9.80. The van der Waals surface area contributed by atoms with Crippen LogP contribution in [0.15, 0.2) is 41.3 Å². The predicted molar refractivity (Wildman–Crippen MR) is 114 cm³/mol. The smallest absolute Gasteiger partial charge is 0.262 e. The number of nitrogens with zero attached hydrogens (tertiary/aromatic N) is 1. The Kier molecular flexibility index (Phi) is 6.87. The summed E-state index contributed by atoms with van der Waals surface area (Å²) in [5, 5.41) is 0. The Labute approximate surface area is 172 Å². The third-order valence-corrected chi connectivity index (χ3v) is 6.02. The molecule has 0 unspecified atom stereocenters. The van der Waals surface area contributed by atoms with Crippen molar-refractivity contribution in [2.75, 3.05) is 49.1 Å². The lowest BCUT2D eigenvalue weighted by Crippen LogP contribution is -2.36. The van der Waals surface area contributed by atoms with E-state index in [9.17, 15) is 8.42 Å². The van der Waals surface area contributed by atoms with Gasteiger partial charge < -0.3 is 19.1 Å². The number of ether oxygens (including phenoxy) is 3. The summed E-state index contributed by atoms with van der Waals surface area (Å²) in [7, 11) is -3.77. The molecule has 0 aliphatic carbocycles. The Balaban J connectivity index is 1.82. The minimum Gasteiger partial charge on any atom is -0.490 e. The van der Waals surface area contributed by atoms with Gasteiger partial charge in [0.2, 0.25) is 0 Å². The van der Waals surface area contributed by atoms with Gasteiger partial charge in [-0.1, -0.05) is 0 Å². The highest BCUT2D eigenvalue weighted by Gasteiger charge is 2.19. The number of rotatable bonds is 8. The number of morpholine rings is 1. The third kappa shape index (κ3) is 5.13. The molecule has 8 heteroatoms. The maximum atomic E-state index is 12.9. The van der Waals surface area contributed by atoms with Crippen LogP contribution in [0, 0.1) is 6.92 Å². The largest absolute Gasteiger partial charge is 0.490 e. The van der Waals surface area contributed by atoms with E-state index in [0.717, 1.165) is 24.3 Å². The molecule has 2 aromatic carbocycles. The lowest BCUT2D eigenvalue weighted by atomic mass is 10.1. The summed E-state index contributed by atoms with van der Waals surface area (Å²) < 4.78 is 45.0. The first kappa shape index (κ1) is 21.3. The van der Waals surface area contributed by atoms with Gasteiger partial charge >= 0.3 is 0 Å². The van der Waals surface area contributed by atoms with Crippen molar-refractivity contribution in [1.82, 2.24) is 0 Å². The molecule has 0 aromatic heterocycles. The standard InChI is InChI=1S/C21H28N2O5S/c1-4-27-20-9-7-18(15-21(20)28-5-2)29(24,25)22-19-8-6-17(14-16(19)3)23-10-12-26-13-11-23/h6-9,14-15,22H,4-5,10-13H2,1-3H3. The zero-order chi connectivity index (χ0) is 20.9. The second-order valence-electron chi connectivity index (χ2n) is 6.68. The van der Waals surface area contributed by atoms with E-state index >= 15 is 0 Å². The molecule has 29 heavy (non-hydrogen) atoms. The third-order valence-electron chi connectivity index (χ3n) is 4.66. The number of aryl methyl sites for hydroxylation is 1. The van der Waals surface area contributed by atoms with E-state index in [-0.39, 0.29) is 4.90 Å². The van der Waals surface area contributed by atoms with Gasteiger partial charge in [-0.2, -0.15) is 0 Å². The lowest BCUT2D eigenvalue weighted by molar-refractivity contribution is 0.122. The second kappa shape index (κ2) is 9.37. The zero-order valence-electron chi connectivity index (χ0n) is 17.1. The van der Waals surface area contributed by atoms with Crippen LogP contribution < -0.4 is 19.1 Å². The fraction of sp³-hybridized carbons (Fsp3) is 0.429. The van der Waals surface area contributed by atoms with E-state index < -0.39 is 10.0 Å². The SMILES string of the molecule is CCOc1ccc(S(=O)(=O)Nc2ccc(N3CCOCC3)cc2C)cc1OCC. The van der Waals surface area contributed by atoms with Crippen LogP contribution in [-0.2, 0) is 14.8 Å². The molecule has 0 bridgehead atoms. The molecule has 2 aromatic rings. The summed E-state index contributed by atoms with van der Waals surface area (Å²) in [4.78, 5) is 2.36. The Hall–Kier alpha value is -2.45. The molecule has 1 aliphatic rings. The highest BCUT2D eigenvalue weighted by Crippen LogP contribution is 2.32. The van der Waals surface area contributed by atoms with Gasteiger partial charge in [-0.05, 0) is 56.7 Å². The molecule has 1 fully saturated rings. The molecule has 0 radical (unpaired) electrons. The lowest BCUT2D eigenvalue weighted by Gasteiger charge is -2.29. The van der Waals surface area contributed by atoms with Gasteiger partial charge in [0.25, 0.3) is 10.0 Å². The average molecular weight is 421 g/mol. The molecule has 0 saturated carbocycles. The van der Waals surface area contributed by atoms with Gasteiger partial charge in [0.15, 0.2) is 11.5 Å². The normalized spacial score (nSPS) is 14.5. The number of hydrogen-bond donors (Lipinski definition) is 1. The highest BCUT2D eigenvalue weighted by molar-refractivity contribution is 7.92. The fourth-order valence-corrected chi connectivity index (χ4v) is 4.33. The summed E-state index contributed by atoms with van der Waals surface area (Å²) >= 11 is 0. The van der Waals surface area contributed by atoms with E-state index in [4.69, 9.17) is 14.2 Å². The van der Waals surface area contributed by atoms with E-state index in [1.807, 2.05) is 32.9 Å². The minimum absolute atomic E-state index is 0.126. The Morgan fingerprint density at radius 2 is 1.69 bits per heavy atom. The zero-order valence-corrected chi connectivity index (χ0v) is 17.9. The van der Waals surface area contributed by atoms with Gasteiger partial charge in [0.05, 0.1) is 37.0 Å². The summed E-state index contributed by atoms with van der Waals surface area (Å²) in [6.07, 6.45) is 0. The fourth-order valence-electron chi connectivity index (χ4n) is 3.18. The van der Waals surface area contributed by atoms with Crippen molar-refractivity contribution in [3.05, 3.63) is 42.0 Å². The van der Waals surface area contributed by atoms with Crippen molar-refractivity contribution in [1.29, 1.82) is 0 Å². The van der Waals surface area contributed by atoms with Crippen molar-refractivity contribution in [3.8, 4) is 11.5 Å². The van der Waals surface area contributed by atoms with Crippen molar-refractivity contribution in [3.63, 3.8) is 0 Å². The van der Waals surface area contributed by atoms with Crippen LogP contribution in [0.3, 0.4) is 0 Å². The van der Waals surface area contributed by atoms with Crippen molar-refractivity contribution >= 4 is 21.4 Å². The molecule has 3 rings (SSSR count). The van der Waals surface area contributed by atoms with Crippen LogP contribution in [0.4, 0.5) is 11.4 Å². The molecule has 7 nitrogen and oxygen atoms in total. The number of nitrogens with one attached hydrogen (secondary N) is 1. The number of hydrogen-bond acceptors (Lipinski definition) is 6. The Bertz CT molecular complexity index is 940. The Morgan fingerprint density at radius 1 is 1.00 bits per heavy atom. The van der Waals surface area contributed by atoms with E-state index in [1.54, 1.807) is 12.1 Å². The van der Waals surface area contributed by atoms with E-state index in [1.165, 1.54) is 12.1 Å². The molecule has 0 spiro atoms. The number of anilines is 2. The van der Waals surface area contributed by atoms with Crippen molar-refractivity contribution in [2.24, 2.45) is 0 Å². The summed E-state index contributed by atoms with van der Waals surface area (Å²) in [5.41, 5.74) is 2.47. The number of sulfonamides is 1. The van der Waals surface area contributed by atoms with Gasteiger partial charge in [-0.25, -0.2) is 8.42 Å². The van der Waals surface area contributed by atoms with Crippen LogP contribution in [-0.4, -0.2) is 47.9 Å². The predicted octanol–water partition coefficient (Wildman–Crippen LogP) is 3.43. The first-order chi connectivity index (χ1) is 13.9. The molecule has 1 heterocycles. The quantitative estimate of drug-likeness (QED) is 0.705. The molecule has 1 aliphatic heterocycles. The topological polar surface area (TPSA) is 77.1 Å². The van der Waals surface area contributed by atoms with Crippen molar-refractivity contribution < 1.29 is 22.6 Å². The van der Waals surface area contributed by atoms with Crippen LogP contribution in [0.1, 0.15) is 19.4 Å². The van der Waals surface area contributed by atoms with Gasteiger partial charge in [0, 0.05) is 24.8 Å². The van der Waals surface area contributed by atoms with Crippen LogP contribution in [0.5, 0.6) is 11.5 Å². The second-order valence-corrected chi connectivity index (χ2v) is 8.36. The number of benzene rings is 2. The summed E-state index contributed by atoms with van der Waals surface area (Å²) in [5.74, 6) is 0.941. The van der Waals surface area contributed by atoms with Gasteiger partial charge in [-0.3, -0.25) is 4.72 Å². The molecule has 0 amide bonds. The maximum absolute atomic E-state index is 12.9. The van der Waals surface area contributed by atoms with Crippen LogP contribution >= 0.6 is 0 Å². The molecular weight excluding hydrogens is 392 g/mol. The monoisotopic (exact) mass is 420 g/mol. The molecule has 0 atom stereocenters. The molecule has 1 saturated heterocycles. The van der Waals surface area contributed by atoms with Gasteiger partial charge in [0.1, 0.15) is 0 Å². The summed E-state index contributed by atoms with van der Waals surface area (Å²) in [6, 6.07) is 10.4. The molecule has 158 valence electrons. The summed E-state index contributed by atoms with van der Waals surface area (Å²) in [6.45, 7) is 9.55.